The summed E-state index contributed by atoms with van der Waals surface area (Å²) >= 11 is 1.77. The monoisotopic (exact) mass is 201 g/mol. The molecule has 0 atom stereocenters. The first-order valence-electron chi connectivity index (χ1n) is 4.45. The zero-order chi connectivity index (χ0) is 9.80. The van der Waals surface area contributed by atoms with E-state index in [1.807, 2.05) is 24.5 Å². The molecule has 0 unspecified atom stereocenters. The van der Waals surface area contributed by atoms with Gasteiger partial charge in [-0.1, -0.05) is 18.2 Å². The van der Waals surface area contributed by atoms with Crippen LogP contribution in [0, 0.1) is 0 Å². The number of hydrogen-bond acceptors (Lipinski definition) is 2. The van der Waals surface area contributed by atoms with E-state index in [0.717, 1.165) is 0 Å². The summed E-state index contributed by atoms with van der Waals surface area (Å²) in [6, 6.07) is 12.5. The number of hydrogen-bond donors (Lipinski definition) is 0. The van der Waals surface area contributed by atoms with Crippen LogP contribution in [0.4, 0.5) is 0 Å². The van der Waals surface area contributed by atoms with Crippen LogP contribution in [0.5, 0.6) is 0 Å². The lowest BCUT2D eigenvalue weighted by atomic mass is 10.1. The quantitative estimate of drug-likeness (QED) is 0.690. The van der Waals surface area contributed by atoms with Crippen LogP contribution < -0.4 is 0 Å². The minimum Gasteiger partial charge on any atom is -0.265 e. The fourth-order valence-electron chi connectivity index (χ4n) is 1.41. The Morgan fingerprint density at radius 2 is 1.71 bits per heavy atom. The number of pyridine rings is 1. The number of thioether (sulfide) groups is 1. The fourth-order valence-corrected chi connectivity index (χ4v) is 2.04. The third kappa shape index (κ3) is 1.80. The van der Waals surface area contributed by atoms with Crippen molar-refractivity contribution in [3.05, 3.63) is 48.8 Å². The third-order valence-corrected chi connectivity index (χ3v) is 2.89. The molecule has 0 bridgehead atoms. The van der Waals surface area contributed by atoms with Crippen molar-refractivity contribution in [1.29, 1.82) is 0 Å². The lowest BCUT2D eigenvalue weighted by Gasteiger charge is -2.05. The Labute approximate surface area is 88.2 Å². The van der Waals surface area contributed by atoms with Gasteiger partial charge in [-0.05, 0) is 35.6 Å². The third-order valence-electron chi connectivity index (χ3n) is 2.10. The van der Waals surface area contributed by atoms with Crippen LogP contribution in [0.15, 0.2) is 53.7 Å². The van der Waals surface area contributed by atoms with E-state index in [9.17, 15) is 0 Å². The van der Waals surface area contributed by atoms with Gasteiger partial charge in [0.2, 0.25) is 0 Å². The highest BCUT2D eigenvalue weighted by molar-refractivity contribution is 7.98. The fraction of sp³-hybridized carbons (Fsp3) is 0.0833. The molecule has 1 nitrogen and oxygen atoms in total. The van der Waals surface area contributed by atoms with Gasteiger partial charge in [-0.25, -0.2) is 0 Å². The molecule has 0 radical (unpaired) electrons. The van der Waals surface area contributed by atoms with Gasteiger partial charge in [-0.15, -0.1) is 11.8 Å². The Kier molecular flexibility index (Phi) is 2.84. The van der Waals surface area contributed by atoms with Crippen molar-refractivity contribution in [3.8, 4) is 11.1 Å². The van der Waals surface area contributed by atoms with Crippen molar-refractivity contribution in [2.45, 2.75) is 4.90 Å². The second-order valence-corrected chi connectivity index (χ2v) is 3.78. The summed E-state index contributed by atoms with van der Waals surface area (Å²) < 4.78 is 0. The molecule has 0 amide bonds. The van der Waals surface area contributed by atoms with Crippen molar-refractivity contribution >= 4 is 11.8 Å². The summed E-state index contributed by atoms with van der Waals surface area (Å²) in [6.07, 6.45) is 5.75. The normalized spacial score (nSPS) is 10.1. The molecule has 0 aliphatic carbocycles. The maximum absolute atomic E-state index is 4.02. The van der Waals surface area contributed by atoms with Gasteiger partial charge in [0.15, 0.2) is 0 Å². The second kappa shape index (κ2) is 4.29. The van der Waals surface area contributed by atoms with Crippen molar-refractivity contribution in [2.75, 3.05) is 6.26 Å². The van der Waals surface area contributed by atoms with E-state index in [1.165, 1.54) is 16.0 Å². The van der Waals surface area contributed by atoms with Crippen molar-refractivity contribution < 1.29 is 0 Å². The molecule has 2 heteroatoms. The van der Waals surface area contributed by atoms with Crippen molar-refractivity contribution in [3.63, 3.8) is 0 Å². The van der Waals surface area contributed by atoms with Crippen LogP contribution in [0.3, 0.4) is 0 Å². The Hall–Kier alpha value is -1.28. The summed E-state index contributed by atoms with van der Waals surface area (Å²) in [6.45, 7) is 0. The Morgan fingerprint density at radius 3 is 2.43 bits per heavy atom. The highest BCUT2D eigenvalue weighted by atomic mass is 32.2. The van der Waals surface area contributed by atoms with Gasteiger partial charge in [0.1, 0.15) is 0 Å². The van der Waals surface area contributed by atoms with Crippen molar-refractivity contribution in [1.82, 2.24) is 4.98 Å². The molecule has 0 spiro atoms. The van der Waals surface area contributed by atoms with Gasteiger partial charge in [0.25, 0.3) is 0 Å². The van der Waals surface area contributed by atoms with Gasteiger partial charge >= 0.3 is 0 Å². The van der Waals surface area contributed by atoms with E-state index >= 15 is 0 Å². The first-order valence-corrected chi connectivity index (χ1v) is 5.67. The summed E-state index contributed by atoms with van der Waals surface area (Å²) in [5.74, 6) is 0. The van der Waals surface area contributed by atoms with E-state index in [0.29, 0.717) is 0 Å². The molecule has 0 fully saturated rings. The van der Waals surface area contributed by atoms with E-state index in [2.05, 4.69) is 35.5 Å². The molecule has 1 aromatic carbocycles. The predicted octanol–water partition coefficient (Wildman–Crippen LogP) is 3.47. The minimum atomic E-state index is 1.23. The largest absolute Gasteiger partial charge is 0.265 e. The van der Waals surface area contributed by atoms with Crippen molar-refractivity contribution in [2.24, 2.45) is 0 Å². The molecule has 14 heavy (non-hydrogen) atoms. The van der Waals surface area contributed by atoms with Gasteiger partial charge in [0, 0.05) is 17.3 Å². The number of aromatic nitrogens is 1. The highest BCUT2D eigenvalue weighted by Crippen LogP contribution is 2.29. The molecule has 1 aromatic heterocycles. The number of nitrogens with zero attached hydrogens (tertiary/aromatic N) is 1. The topological polar surface area (TPSA) is 12.9 Å². The molecule has 2 rings (SSSR count). The molecular weight excluding hydrogens is 190 g/mol. The molecule has 0 saturated heterocycles. The van der Waals surface area contributed by atoms with Gasteiger partial charge in [-0.3, -0.25) is 4.98 Å². The van der Waals surface area contributed by atoms with Crippen LogP contribution in [0.1, 0.15) is 0 Å². The molecule has 0 aliphatic heterocycles. The van der Waals surface area contributed by atoms with Crippen LogP contribution >= 0.6 is 11.8 Å². The average Bonchev–Trinajstić information content (AvgIpc) is 2.30. The van der Waals surface area contributed by atoms with Crippen LogP contribution in [0.2, 0.25) is 0 Å². The SMILES string of the molecule is CSc1ccccc1-c1ccncc1. The molecule has 0 aliphatic rings. The van der Waals surface area contributed by atoms with Crippen LogP contribution in [-0.2, 0) is 0 Å². The maximum atomic E-state index is 4.02. The Morgan fingerprint density at radius 1 is 1.00 bits per heavy atom. The highest BCUT2D eigenvalue weighted by Gasteiger charge is 2.01. The van der Waals surface area contributed by atoms with E-state index in [4.69, 9.17) is 0 Å². The molecule has 0 saturated carbocycles. The van der Waals surface area contributed by atoms with E-state index in [1.54, 1.807) is 11.8 Å². The predicted molar refractivity (Wildman–Crippen MR) is 61.5 cm³/mol. The summed E-state index contributed by atoms with van der Waals surface area (Å²) in [5, 5.41) is 0. The Bertz CT molecular complexity index is 412. The van der Waals surface area contributed by atoms with E-state index in [-0.39, 0.29) is 0 Å². The number of benzene rings is 1. The lowest BCUT2D eigenvalue weighted by Crippen LogP contribution is -1.81. The average molecular weight is 201 g/mol. The minimum absolute atomic E-state index is 1.23. The molecule has 0 N–H and O–H groups in total. The number of rotatable bonds is 2. The Balaban J connectivity index is 2.51. The molecular formula is C12H11NS. The zero-order valence-corrected chi connectivity index (χ0v) is 8.79. The van der Waals surface area contributed by atoms with Gasteiger partial charge in [-0.2, -0.15) is 0 Å². The molecule has 70 valence electrons. The van der Waals surface area contributed by atoms with Gasteiger partial charge < -0.3 is 0 Å². The standard InChI is InChI=1S/C12H11NS/c1-14-12-5-3-2-4-11(12)10-6-8-13-9-7-10/h2-9H,1H3. The maximum Gasteiger partial charge on any atom is 0.0273 e. The first-order chi connectivity index (χ1) is 6.92. The van der Waals surface area contributed by atoms with Crippen LogP contribution in [-0.4, -0.2) is 11.2 Å². The lowest BCUT2D eigenvalue weighted by molar-refractivity contribution is 1.32. The molecule has 1 heterocycles. The zero-order valence-electron chi connectivity index (χ0n) is 7.97. The smallest absolute Gasteiger partial charge is 0.0273 e. The van der Waals surface area contributed by atoms with Crippen LogP contribution in [0.25, 0.3) is 11.1 Å². The summed E-state index contributed by atoms with van der Waals surface area (Å²) in [4.78, 5) is 5.32. The first kappa shape index (κ1) is 9.28. The van der Waals surface area contributed by atoms with E-state index < -0.39 is 0 Å². The summed E-state index contributed by atoms with van der Waals surface area (Å²) in [7, 11) is 0. The molecule has 2 aromatic rings. The van der Waals surface area contributed by atoms with Gasteiger partial charge in [0.05, 0.1) is 0 Å². The second-order valence-electron chi connectivity index (χ2n) is 2.94. The summed E-state index contributed by atoms with van der Waals surface area (Å²) in [5.41, 5.74) is 2.51.